The standard InChI is InChI=1S/C31H38O4/c1-3-5-7-8-9-10-24-34-29-19-15-27(16-20-29)31(32)35-30-21-13-26(14-22-30)25-11-17-28(18-12-25)33-23-6-4-2/h11-22H,3-10,23-24H2,1-2H3. The molecule has 0 saturated heterocycles. The molecule has 35 heavy (non-hydrogen) atoms. The van der Waals surface area contributed by atoms with Gasteiger partial charge in [-0.05, 0) is 72.5 Å². The Kier molecular flexibility index (Phi) is 11.2. The highest BCUT2D eigenvalue weighted by Gasteiger charge is 2.09. The van der Waals surface area contributed by atoms with Crippen LogP contribution in [0.5, 0.6) is 17.2 Å². The van der Waals surface area contributed by atoms with Gasteiger partial charge in [0.15, 0.2) is 0 Å². The molecule has 0 saturated carbocycles. The minimum Gasteiger partial charge on any atom is -0.494 e. The fourth-order valence-corrected chi connectivity index (χ4v) is 3.72. The summed E-state index contributed by atoms with van der Waals surface area (Å²) in [6, 6.07) is 22.7. The zero-order valence-electron chi connectivity index (χ0n) is 21.1. The van der Waals surface area contributed by atoms with Crippen molar-refractivity contribution in [2.75, 3.05) is 13.2 Å². The lowest BCUT2D eigenvalue weighted by atomic mass is 10.1. The predicted octanol–water partition coefficient (Wildman–Crippen LogP) is 8.49. The SMILES string of the molecule is CCCCCCCCOc1ccc(C(=O)Oc2ccc(-c3ccc(OCCCC)cc3)cc2)cc1. The molecular formula is C31H38O4. The normalized spacial score (nSPS) is 10.7. The number of ether oxygens (including phenoxy) is 3. The Balaban J connectivity index is 1.45. The van der Waals surface area contributed by atoms with E-state index < -0.39 is 0 Å². The van der Waals surface area contributed by atoms with E-state index in [1.54, 1.807) is 12.1 Å². The summed E-state index contributed by atoms with van der Waals surface area (Å²) in [5, 5.41) is 0. The van der Waals surface area contributed by atoms with Gasteiger partial charge in [0.2, 0.25) is 0 Å². The molecule has 0 unspecified atom stereocenters. The maximum atomic E-state index is 12.5. The molecule has 0 aliphatic carbocycles. The number of carbonyl (C=O) groups excluding carboxylic acids is 1. The predicted molar refractivity (Wildman–Crippen MR) is 143 cm³/mol. The fourth-order valence-electron chi connectivity index (χ4n) is 3.72. The molecular weight excluding hydrogens is 436 g/mol. The highest BCUT2D eigenvalue weighted by Crippen LogP contribution is 2.25. The van der Waals surface area contributed by atoms with E-state index in [-0.39, 0.29) is 5.97 Å². The molecule has 0 spiro atoms. The molecule has 186 valence electrons. The van der Waals surface area contributed by atoms with E-state index in [1.807, 2.05) is 60.7 Å². The van der Waals surface area contributed by atoms with Crippen LogP contribution in [0.15, 0.2) is 72.8 Å². The first-order valence-electron chi connectivity index (χ1n) is 13.0. The molecule has 0 radical (unpaired) electrons. The Morgan fingerprint density at radius 2 is 1.00 bits per heavy atom. The van der Waals surface area contributed by atoms with Crippen LogP contribution in [-0.2, 0) is 0 Å². The van der Waals surface area contributed by atoms with Gasteiger partial charge in [-0.15, -0.1) is 0 Å². The molecule has 3 aromatic carbocycles. The molecule has 4 heteroatoms. The van der Waals surface area contributed by atoms with Crippen LogP contribution in [-0.4, -0.2) is 19.2 Å². The molecule has 0 bridgehead atoms. The first-order valence-corrected chi connectivity index (χ1v) is 13.0. The second-order valence-electron chi connectivity index (χ2n) is 8.78. The Bertz CT molecular complexity index is 992. The van der Waals surface area contributed by atoms with Gasteiger partial charge in [-0.1, -0.05) is 76.6 Å². The monoisotopic (exact) mass is 474 g/mol. The van der Waals surface area contributed by atoms with Crippen LogP contribution in [0.3, 0.4) is 0 Å². The van der Waals surface area contributed by atoms with Crippen LogP contribution in [0.25, 0.3) is 11.1 Å². The largest absolute Gasteiger partial charge is 0.494 e. The van der Waals surface area contributed by atoms with Crippen molar-refractivity contribution in [3.8, 4) is 28.4 Å². The lowest BCUT2D eigenvalue weighted by Gasteiger charge is -2.09. The minimum absolute atomic E-state index is 0.381. The van der Waals surface area contributed by atoms with Gasteiger partial charge in [-0.2, -0.15) is 0 Å². The zero-order valence-corrected chi connectivity index (χ0v) is 21.1. The van der Waals surface area contributed by atoms with Crippen molar-refractivity contribution >= 4 is 5.97 Å². The average molecular weight is 475 g/mol. The van der Waals surface area contributed by atoms with Gasteiger partial charge in [0.25, 0.3) is 0 Å². The van der Waals surface area contributed by atoms with Crippen LogP contribution in [0.2, 0.25) is 0 Å². The topological polar surface area (TPSA) is 44.8 Å². The van der Waals surface area contributed by atoms with E-state index in [0.29, 0.717) is 17.9 Å². The molecule has 0 heterocycles. The first-order chi connectivity index (χ1) is 17.2. The van der Waals surface area contributed by atoms with Crippen LogP contribution in [0.4, 0.5) is 0 Å². The third-order valence-electron chi connectivity index (χ3n) is 5.88. The van der Waals surface area contributed by atoms with Crippen molar-refractivity contribution in [3.05, 3.63) is 78.4 Å². The number of esters is 1. The third kappa shape index (κ3) is 9.12. The maximum absolute atomic E-state index is 12.5. The van der Waals surface area contributed by atoms with Crippen molar-refractivity contribution in [2.24, 2.45) is 0 Å². The number of unbranched alkanes of at least 4 members (excludes halogenated alkanes) is 6. The molecule has 4 nitrogen and oxygen atoms in total. The number of carbonyl (C=O) groups is 1. The molecule has 3 aromatic rings. The lowest BCUT2D eigenvalue weighted by molar-refractivity contribution is 0.0734. The van der Waals surface area contributed by atoms with Crippen molar-refractivity contribution in [1.82, 2.24) is 0 Å². The number of hydrogen-bond acceptors (Lipinski definition) is 4. The quantitative estimate of drug-likeness (QED) is 0.126. The van der Waals surface area contributed by atoms with Crippen LogP contribution in [0.1, 0.15) is 75.6 Å². The fraction of sp³-hybridized carbons (Fsp3) is 0.387. The third-order valence-corrected chi connectivity index (χ3v) is 5.88. The van der Waals surface area contributed by atoms with E-state index in [1.165, 1.54) is 32.1 Å². The van der Waals surface area contributed by atoms with Crippen LogP contribution < -0.4 is 14.2 Å². The second kappa shape index (κ2) is 14.9. The Morgan fingerprint density at radius 1 is 0.543 bits per heavy atom. The molecule has 0 amide bonds. The van der Waals surface area contributed by atoms with E-state index >= 15 is 0 Å². The summed E-state index contributed by atoms with van der Waals surface area (Å²) in [5.41, 5.74) is 2.64. The minimum atomic E-state index is -0.381. The van der Waals surface area contributed by atoms with Gasteiger partial charge >= 0.3 is 5.97 Å². The molecule has 0 aliphatic heterocycles. The van der Waals surface area contributed by atoms with Gasteiger partial charge in [0.1, 0.15) is 17.2 Å². The first kappa shape index (κ1) is 26.3. The molecule has 0 aliphatic rings. The Hall–Kier alpha value is -3.27. The van der Waals surface area contributed by atoms with Crippen molar-refractivity contribution < 1.29 is 19.0 Å². The lowest BCUT2D eigenvalue weighted by Crippen LogP contribution is -2.08. The van der Waals surface area contributed by atoms with Crippen molar-refractivity contribution in [3.63, 3.8) is 0 Å². The summed E-state index contributed by atoms with van der Waals surface area (Å²) in [6.07, 6.45) is 9.57. The van der Waals surface area contributed by atoms with E-state index in [0.717, 1.165) is 48.5 Å². The Morgan fingerprint density at radius 3 is 1.57 bits per heavy atom. The van der Waals surface area contributed by atoms with Crippen molar-refractivity contribution in [1.29, 1.82) is 0 Å². The second-order valence-corrected chi connectivity index (χ2v) is 8.78. The van der Waals surface area contributed by atoms with Gasteiger partial charge in [-0.25, -0.2) is 4.79 Å². The average Bonchev–Trinajstić information content (AvgIpc) is 2.89. The number of hydrogen-bond donors (Lipinski definition) is 0. The summed E-state index contributed by atoms with van der Waals surface area (Å²) >= 11 is 0. The molecule has 0 atom stereocenters. The van der Waals surface area contributed by atoms with Crippen molar-refractivity contribution in [2.45, 2.75) is 65.2 Å². The molecule has 0 N–H and O–H groups in total. The molecule has 0 fully saturated rings. The van der Waals surface area contributed by atoms with Gasteiger partial charge in [0, 0.05) is 0 Å². The van der Waals surface area contributed by atoms with Crippen LogP contribution in [0, 0.1) is 0 Å². The summed E-state index contributed by atoms with van der Waals surface area (Å²) in [6.45, 7) is 5.82. The smallest absolute Gasteiger partial charge is 0.343 e. The summed E-state index contributed by atoms with van der Waals surface area (Å²) in [4.78, 5) is 12.5. The number of benzene rings is 3. The highest BCUT2D eigenvalue weighted by molar-refractivity contribution is 5.91. The van der Waals surface area contributed by atoms with Gasteiger partial charge in [-0.3, -0.25) is 0 Å². The summed E-state index contributed by atoms with van der Waals surface area (Å²) < 4.78 is 17.1. The summed E-state index contributed by atoms with van der Waals surface area (Å²) in [5.74, 6) is 1.79. The maximum Gasteiger partial charge on any atom is 0.343 e. The van der Waals surface area contributed by atoms with E-state index in [4.69, 9.17) is 14.2 Å². The molecule has 3 rings (SSSR count). The van der Waals surface area contributed by atoms with Crippen LogP contribution >= 0.6 is 0 Å². The van der Waals surface area contributed by atoms with Gasteiger partial charge in [0.05, 0.1) is 18.8 Å². The zero-order chi connectivity index (χ0) is 24.7. The number of rotatable bonds is 15. The molecule has 0 aromatic heterocycles. The van der Waals surface area contributed by atoms with E-state index in [2.05, 4.69) is 13.8 Å². The van der Waals surface area contributed by atoms with E-state index in [9.17, 15) is 4.79 Å². The highest BCUT2D eigenvalue weighted by atomic mass is 16.5. The summed E-state index contributed by atoms with van der Waals surface area (Å²) in [7, 11) is 0. The Labute approximate surface area is 210 Å². The van der Waals surface area contributed by atoms with Gasteiger partial charge < -0.3 is 14.2 Å².